The number of carbonyl (C=O) groups is 3. The van der Waals surface area contributed by atoms with E-state index in [4.69, 9.17) is 0 Å². The van der Waals surface area contributed by atoms with Crippen LogP contribution in [0.3, 0.4) is 0 Å². The zero-order valence-corrected chi connectivity index (χ0v) is 21.6. The molecule has 0 bridgehead atoms. The Morgan fingerprint density at radius 2 is 1.81 bits per heavy atom. The van der Waals surface area contributed by atoms with E-state index in [1.165, 1.54) is 0 Å². The normalized spacial score (nSPS) is 16.6. The second-order valence-electron chi connectivity index (χ2n) is 8.53. The number of hydrogen-bond donors (Lipinski definition) is 0. The van der Waals surface area contributed by atoms with Gasteiger partial charge in [-0.25, -0.2) is 0 Å². The van der Waals surface area contributed by atoms with Crippen molar-refractivity contribution in [2.75, 3.05) is 12.3 Å². The first-order valence-corrected chi connectivity index (χ1v) is 13.0. The molecule has 1 fully saturated rings. The highest BCUT2D eigenvalue weighted by atomic mass is 32.2. The predicted octanol–water partition coefficient (Wildman–Crippen LogP) is 6.74. The largest absolute Gasteiger partial charge is 0.316 e. The number of carbonyl (C=O) groups excluding carboxylic acids is 3. The zero-order valence-electron chi connectivity index (χ0n) is 20.8. The van der Waals surface area contributed by atoms with Crippen LogP contribution in [-0.2, 0) is 14.4 Å². The van der Waals surface area contributed by atoms with Crippen LogP contribution in [0.1, 0.15) is 99.3 Å². The first-order valence-electron chi connectivity index (χ1n) is 11.9. The van der Waals surface area contributed by atoms with E-state index < -0.39 is 0 Å². The average Bonchev–Trinajstić information content (AvgIpc) is 3.00. The van der Waals surface area contributed by atoms with Gasteiger partial charge < -0.3 is 4.90 Å². The predicted molar refractivity (Wildman–Crippen MR) is 134 cm³/mol. The maximum absolute atomic E-state index is 12.3. The first kappa shape index (κ1) is 29.6. The summed E-state index contributed by atoms with van der Waals surface area (Å²) < 4.78 is 0. The molecule has 1 rings (SSSR count). The molecule has 5 heteroatoms. The second kappa shape index (κ2) is 16.3. The van der Waals surface area contributed by atoms with E-state index in [1.54, 1.807) is 23.6 Å². The SMILES string of the molecule is C/C=C/CC.C=C1C(SCCC(C)=O)CC(=O)N1CCCCCC(=O)C(C)(CC)CC. The Morgan fingerprint density at radius 1 is 1.16 bits per heavy atom. The standard InChI is InChI=1S/C21H35NO3S.C5H10/c1-6-21(5,7-2)19(24)11-9-8-10-13-22-17(4)18(15-20(22)25)26-14-12-16(3)23;1-3-5-4-2/h18H,4,6-15H2,1-3,5H3;3,5H,4H2,1-2H3/b;5-3+. The van der Waals surface area contributed by atoms with Gasteiger partial charge in [0.1, 0.15) is 11.6 Å². The van der Waals surface area contributed by atoms with Crippen molar-refractivity contribution in [3.63, 3.8) is 0 Å². The van der Waals surface area contributed by atoms with Gasteiger partial charge in [-0.2, -0.15) is 11.8 Å². The molecule has 0 aliphatic carbocycles. The van der Waals surface area contributed by atoms with Gasteiger partial charge in [0.25, 0.3) is 0 Å². The van der Waals surface area contributed by atoms with Gasteiger partial charge in [0, 0.05) is 42.7 Å². The van der Waals surface area contributed by atoms with Crippen LogP contribution in [0, 0.1) is 5.41 Å². The maximum Gasteiger partial charge on any atom is 0.228 e. The highest BCUT2D eigenvalue weighted by molar-refractivity contribution is 8.00. The van der Waals surface area contributed by atoms with Crippen LogP contribution >= 0.6 is 11.8 Å². The number of allylic oxidation sites excluding steroid dienone is 2. The van der Waals surface area contributed by atoms with E-state index in [1.807, 2.05) is 6.92 Å². The molecule has 31 heavy (non-hydrogen) atoms. The average molecular weight is 452 g/mol. The zero-order chi connectivity index (χ0) is 23.9. The third-order valence-electron chi connectivity index (χ3n) is 6.14. The lowest BCUT2D eigenvalue weighted by Gasteiger charge is -2.25. The molecule has 1 aliphatic rings. The molecule has 0 N–H and O–H groups in total. The molecule has 0 aromatic rings. The summed E-state index contributed by atoms with van der Waals surface area (Å²) in [6.07, 6.45) is 11.6. The lowest BCUT2D eigenvalue weighted by atomic mass is 9.78. The van der Waals surface area contributed by atoms with Gasteiger partial charge in [-0.1, -0.05) is 52.8 Å². The Hall–Kier alpha value is -1.36. The fourth-order valence-corrected chi connectivity index (χ4v) is 4.67. The third-order valence-corrected chi connectivity index (χ3v) is 7.42. The van der Waals surface area contributed by atoms with Gasteiger partial charge in [0.15, 0.2) is 0 Å². The molecule has 4 nitrogen and oxygen atoms in total. The van der Waals surface area contributed by atoms with Crippen molar-refractivity contribution in [1.29, 1.82) is 0 Å². The van der Waals surface area contributed by atoms with Crippen molar-refractivity contribution in [2.45, 2.75) is 105 Å². The molecule has 1 unspecified atom stereocenters. The van der Waals surface area contributed by atoms with Crippen LogP contribution in [0.2, 0.25) is 0 Å². The minimum atomic E-state index is -0.177. The van der Waals surface area contributed by atoms with Gasteiger partial charge in [0.2, 0.25) is 5.91 Å². The van der Waals surface area contributed by atoms with Gasteiger partial charge in [-0.15, -0.1) is 0 Å². The molecule has 0 spiro atoms. The number of Topliss-reactive ketones (excluding diaryl/α,β-unsaturated/α-hetero) is 2. The number of rotatable bonds is 14. The molecule has 1 saturated heterocycles. The minimum Gasteiger partial charge on any atom is -0.316 e. The second-order valence-corrected chi connectivity index (χ2v) is 9.84. The Bertz CT molecular complexity index is 608. The van der Waals surface area contributed by atoms with Gasteiger partial charge in [-0.05, 0) is 46.0 Å². The fraction of sp³-hybridized carbons (Fsp3) is 0.731. The number of amides is 1. The summed E-state index contributed by atoms with van der Waals surface area (Å²) >= 11 is 1.66. The van der Waals surface area contributed by atoms with Crippen LogP contribution in [-0.4, -0.2) is 39.9 Å². The van der Waals surface area contributed by atoms with Crippen LogP contribution in [0.4, 0.5) is 0 Å². The van der Waals surface area contributed by atoms with E-state index in [0.717, 1.165) is 50.0 Å². The number of nitrogens with zero attached hydrogens (tertiary/aromatic N) is 1. The lowest BCUT2D eigenvalue weighted by molar-refractivity contribution is -0.129. The number of thioether (sulfide) groups is 1. The molecule has 0 aromatic heterocycles. The monoisotopic (exact) mass is 451 g/mol. The highest BCUT2D eigenvalue weighted by Gasteiger charge is 2.33. The summed E-state index contributed by atoms with van der Waals surface area (Å²) in [7, 11) is 0. The molecular formula is C26H45NO3S. The quantitative estimate of drug-likeness (QED) is 0.217. The highest BCUT2D eigenvalue weighted by Crippen LogP contribution is 2.33. The lowest BCUT2D eigenvalue weighted by Crippen LogP contribution is -2.26. The number of likely N-dealkylation sites (tertiary alicyclic amines) is 1. The van der Waals surface area contributed by atoms with Crippen LogP contribution in [0.5, 0.6) is 0 Å². The number of ketones is 2. The van der Waals surface area contributed by atoms with E-state index in [-0.39, 0.29) is 22.4 Å². The molecule has 0 radical (unpaired) electrons. The molecule has 1 atom stereocenters. The Labute approximate surface area is 195 Å². The summed E-state index contributed by atoms with van der Waals surface area (Å²) in [4.78, 5) is 37.4. The Kier molecular flexibility index (Phi) is 15.6. The Balaban J connectivity index is 0.00000161. The van der Waals surface area contributed by atoms with Crippen molar-refractivity contribution in [3.8, 4) is 0 Å². The molecule has 0 saturated carbocycles. The first-order chi connectivity index (χ1) is 14.7. The fourth-order valence-electron chi connectivity index (χ4n) is 3.40. The van der Waals surface area contributed by atoms with Crippen LogP contribution < -0.4 is 0 Å². The van der Waals surface area contributed by atoms with E-state index in [0.29, 0.717) is 31.6 Å². The molecular weight excluding hydrogens is 406 g/mol. The Morgan fingerprint density at radius 3 is 2.29 bits per heavy atom. The van der Waals surface area contributed by atoms with E-state index in [9.17, 15) is 14.4 Å². The van der Waals surface area contributed by atoms with E-state index in [2.05, 4.69) is 46.4 Å². The van der Waals surface area contributed by atoms with Gasteiger partial charge in [0.05, 0.1) is 5.25 Å². The van der Waals surface area contributed by atoms with Gasteiger partial charge >= 0.3 is 0 Å². The van der Waals surface area contributed by atoms with Crippen LogP contribution in [0.25, 0.3) is 0 Å². The summed E-state index contributed by atoms with van der Waals surface area (Å²) in [6.45, 7) is 16.8. The van der Waals surface area contributed by atoms with Crippen molar-refractivity contribution >= 4 is 29.2 Å². The smallest absolute Gasteiger partial charge is 0.228 e. The van der Waals surface area contributed by atoms with E-state index >= 15 is 0 Å². The van der Waals surface area contributed by atoms with Crippen molar-refractivity contribution in [3.05, 3.63) is 24.4 Å². The van der Waals surface area contributed by atoms with Crippen molar-refractivity contribution < 1.29 is 14.4 Å². The minimum absolute atomic E-state index is 0.109. The summed E-state index contributed by atoms with van der Waals surface area (Å²) in [5.74, 6) is 1.43. The number of hydrogen-bond acceptors (Lipinski definition) is 4. The van der Waals surface area contributed by atoms with Crippen molar-refractivity contribution in [2.24, 2.45) is 5.41 Å². The molecule has 1 amide bonds. The molecule has 1 aliphatic heterocycles. The number of unbranched alkanes of at least 4 members (excludes halogenated alkanes) is 2. The topological polar surface area (TPSA) is 54.5 Å². The summed E-state index contributed by atoms with van der Waals surface area (Å²) in [6, 6.07) is 0. The van der Waals surface area contributed by atoms with Gasteiger partial charge in [-0.3, -0.25) is 14.4 Å². The molecule has 1 heterocycles. The van der Waals surface area contributed by atoms with Crippen molar-refractivity contribution in [1.82, 2.24) is 4.90 Å². The summed E-state index contributed by atoms with van der Waals surface area (Å²) in [5, 5.41) is 0.109. The molecule has 178 valence electrons. The maximum atomic E-state index is 12.3. The van der Waals surface area contributed by atoms with Crippen LogP contribution in [0.15, 0.2) is 24.4 Å². The summed E-state index contributed by atoms with van der Waals surface area (Å²) in [5.41, 5.74) is 0.702. The third kappa shape index (κ3) is 11.2. The molecule has 0 aromatic carbocycles.